The molecule has 1 aromatic rings. The number of carbonyl (C=O) groups excluding carboxylic acids is 1. The number of hydrogen-bond donors (Lipinski definition) is 0. The second-order valence-electron chi connectivity index (χ2n) is 6.62. The van der Waals surface area contributed by atoms with Crippen LogP contribution in [0.1, 0.15) is 31.9 Å². The van der Waals surface area contributed by atoms with Crippen molar-refractivity contribution in [1.82, 2.24) is 0 Å². The zero-order valence-electron chi connectivity index (χ0n) is 14.0. The first-order valence-corrected chi connectivity index (χ1v) is 7.77. The molecule has 1 heterocycles. The highest BCUT2D eigenvalue weighted by Gasteiger charge is 2.41. The Kier molecular flexibility index (Phi) is 3.92. The predicted molar refractivity (Wildman–Crippen MR) is 87.5 cm³/mol. The van der Waals surface area contributed by atoms with Crippen molar-refractivity contribution in [3.8, 4) is 11.5 Å². The number of allylic oxidation sites excluding steroid dienone is 3. The Bertz CT molecular complexity index is 685. The number of benzene rings is 1. The van der Waals surface area contributed by atoms with Crippen LogP contribution in [0.3, 0.4) is 0 Å². The first-order chi connectivity index (χ1) is 11.0. The molecule has 0 aromatic heterocycles. The van der Waals surface area contributed by atoms with E-state index in [9.17, 15) is 4.79 Å². The molecule has 1 aromatic carbocycles. The summed E-state index contributed by atoms with van der Waals surface area (Å²) in [4.78, 5) is 12.1. The minimum absolute atomic E-state index is 0.0556. The van der Waals surface area contributed by atoms with Crippen LogP contribution in [0.5, 0.6) is 11.5 Å². The molecule has 4 heteroatoms. The molecule has 0 spiro atoms. The molecule has 2 aliphatic rings. The summed E-state index contributed by atoms with van der Waals surface area (Å²) in [7, 11) is 3.24. The van der Waals surface area contributed by atoms with Gasteiger partial charge in [-0.1, -0.05) is 26.0 Å². The van der Waals surface area contributed by atoms with Crippen molar-refractivity contribution in [2.75, 3.05) is 14.2 Å². The summed E-state index contributed by atoms with van der Waals surface area (Å²) in [6, 6.07) is 5.81. The Hall–Kier alpha value is -2.23. The fraction of sp³-hybridized carbons (Fsp3) is 0.421. The standard InChI is InChI=1S/C19H22O4/c1-19(2)8-7-15(20)13-11-23-17(10-14(13)19)12-5-6-16(21-3)18(9-12)22-4/h5-9,11,14,17H,10H2,1-4H3/t14-,17-/m1/s1. The van der Waals surface area contributed by atoms with Gasteiger partial charge in [0.05, 0.1) is 20.5 Å². The third-order valence-electron chi connectivity index (χ3n) is 4.81. The van der Waals surface area contributed by atoms with Crippen molar-refractivity contribution in [3.63, 3.8) is 0 Å². The Morgan fingerprint density at radius 3 is 2.61 bits per heavy atom. The van der Waals surface area contributed by atoms with Crippen LogP contribution in [0.4, 0.5) is 0 Å². The molecule has 3 rings (SSSR count). The van der Waals surface area contributed by atoms with E-state index in [1.165, 1.54) is 0 Å². The van der Waals surface area contributed by atoms with E-state index in [4.69, 9.17) is 14.2 Å². The fourth-order valence-corrected chi connectivity index (χ4v) is 3.34. The lowest BCUT2D eigenvalue weighted by molar-refractivity contribution is -0.113. The SMILES string of the molecule is COc1ccc([C@H]2C[C@@H]3C(=CO2)C(=O)C=CC3(C)C)cc1OC. The number of hydrogen-bond acceptors (Lipinski definition) is 4. The summed E-state index contributed by atoms with van der Waals surface area (Å²) in [5.74, 6) is 1.59. The van der Waals surface area contributed by atoms with Gasteiger partial charge in [-0.05, 0) is 35.6 Å². The van der Waals surface area contributed by atoms with Gasteiger partial charge in [0.25, 0.3) is 0 Å². The van der Waals surface area contributed by atoms with Crippen LogP contribution in [-0.2, 0) is 9.53 Å². The average Bonchev–Trinajstić information content (AvgIpc) is 2.57. The number of ketones is 1. The predicted octanol–water partition coefficient (Wildman–Crippen LogP) is 3.83. The van der Waals surface area contributed by atoms with Crippen molar-refractivity contribution < 1.29 is 19.0 Å². The fourth-order valence-electron chi connectivity index (χ4n) is 3.34. The maximum absolute atomic E-state index is 12.1. The van der Waals surface area contributed by atoms with Crippen molar-refractivity contribution in [2.24, 2.45) is 11.3 Å². The van der Waals surface area contributed by atoms with Crippen LogP contribution < -0.4 is 9.47 Å². The molecule has 0 saturated heterocycles. The Balaban J connectivity index is 1.92. The van der Waals surface area contributed by atoms with Crippen LogP contribution in [-0.4, -0.2) is 20.0 Å². The molecule has 0 bridgehead atoms. The largest absolute Gasteiger partial charge is 0.493 e. The molecule has 2 atom stereocenters. The summed E-state index contributed by atoms with van der Waals surface area (Å²) in [5, 5.41) is 0. The first-order valence-electron chi connectivity index (χ1n) is 7.77. The summed E-state index contributed by atoms with van der Waals surface area (Å²) in [5.41, 5.74) is 1.74. The van der Waals surface area contributed by atoms with Gasteiger partial charge in [0, 0.05) is 11.5 Å². The summed E-state index contributed by atoms with van der Waals surface area (Å²) >= 11 is 0. The van der Waals surface area contributed by atoms with Gasteiger partial charge in [-0.3, -0.25) is 4.79 Å². The van der Waals surface area contributed by atoms with E-state index in [1.807, 2.05) is 24.3 Å². The first kappa shape index (κ1) is 15.7. The number of carbonyl (C=O) groups is 1. The lowest BCUT2D eigenvalue weighted by Gasteiger charge is -2.40. The summed E-state index contributed by atoms with van der Waals surface area (Å²) < 4.78 is 16.5. The maximum atomic E-state index is 12.1. The zero-order chi connectivity index (χ0) is 16.6. The van der Waals surface area contributed by atoms with Crippen molar-refractivity contribution >= 4 is 5.78 Å². The van der Waals surface area contributed by atoms with Crippen LogP contribution in [0.2, 0.25) is 0 Å². The van der Waals surface area contributed by atoms with Gasteiger partial charge in [0.2, 0.25) is 0 Å². The van der Waals surface area contributed by atoms with Crippen LogP contribution in [0, 0.1) is 11.3 Å². The molecule has 0 unspecified atom stereocenters. The topological polar surface area (TPSA) is 44.8 Å². The van der Waals surface area contributed by atoms with Gasteiger partial charge in [-0.2, -0.15) is 0 Å². The van der Waals surface area contributed by atoms with E-state index in [1.54, 1.807) is 26.6 Å². The Morgan fingerprint density at radius 2 is 1.91 bits per heavy atom. The Labute approximate surface area is 136 Å². The quantitative estimate of drug-likeness (QED) is 0.850. The minimum atomic E-state index is -0.0952. The van der Waals surface area contributed by atoms with Gasteiger partial charge < -0.3 is 14.2 Å². The van der Waals surface area contributed by atoms with Crippen LogP contribution >= 0.6 is 0 Å². The third kappa shape index (κ3) is 2.74. The van der Waals surface area contributed by atoms with E-state index >= 15 is 0 Å². The van der Waals surface area contributed by atoms with E-state index < -0.39 is 0 Å². The van der Waals surface area contributed by atoms with Gasteiger partial charge in [-0.15, -0.1) is 0 Å². The maximum Gasteiger partial charge on any atom is 0.184 e. The molecule has 0 N–H and O–H groups in total. The minimum Gasteiger partial charge on any atom is -0.493 e. The summed E-state index contributed by atoms with van der Waals surface area (Å²) in [6.07, 6.45) is 5.98. The lowest BCUT2D eigenvalue weighted by Crippen LogP contribution is -2.34. The Morgan fingerprint density at radius 1 is 1.17 bits per heavy atom. The van der Waals surface area contributed by atoms with Crippen LogP contribution in [0.25, 0.3) is 0 Å². The smallest absolute Gasteiger partial charge is 0.184 e. The molecule has 0 saturated carbocycles. The highest BCUT2D eigenvalue weighted by molar-refractivity contribution is 6.05. The van der Waals surface area contributed by atoms with Crippen molar-refractivity contribution in [2.45, 2.75) is 26.4 Å². The van der Waals surface area contributed by atoms with Gasteiger partial charge in [0.1, 0.15) is 6.10 Å². The highest BCUT2D eigenvalue weighted by atomic mass is 16.5. The average molecular weight is 314 g/mol. The molecule has 0 amide bonds. The second-order valence-corrected chi connectivity index (χ2v) is 6.62. The number of rotatable bonds is 3. The molecule has 23 heavy (non-hydrogen) atoms. The van der Waals surface area contributed by atoms with E-state index in [-0.39, 0.29) is 23.2 Å². The molecular formula is C19H22O4. The molecule has 0 fully saturated rings. The number of fused-ring (bicyclic) bond motifs is 1. The van der Waals surface area contributed by atoms with E-state index in [0.29, 0.717) is 11.5 Å². The highest BCUT2D eigenvalue weighted by Crippen LogP contribution is 2.47. The number of ether oxygens (including phenoxy) is 3. The summed E-state index contributed by atoms with van der Waals surface area (Å²) in [6.45, 7) is 4.32. The molecule has 4 nitrogen and oxygen atoms in total. The second kappa shape index (κ2) is 5.76. The molecule has 1 aliphatic heterocycles. The lowest BCUT2D eigenvalue weighted by atomic mass is 9.67. The monoisotopic (exact) mass is 314 g/mol. The number of methoxy groups -OCH3 is 2. The van der Waals surface area contributed by atoms with Crippen molar-refractivity contribution in [1.29, 1.82) is 0 Å². The van der Waals surface area contributed by atoms with Gasteiger partial charge >= 0.3 is 0 Å². The van der Waals surface area contributed by atoms with Gasteiger partial charge in [0.15, 0.2) is 17.3 Å². The molecule has 122 valence electrons. The normalized spacial score (nSPS) is 25.2. The van der Waals surface area contributed by atoms with Gasteiger partial charge in [-0.25, -0.2) is 0 Å². The van der Waals surface area contributed by atoms with E-state index in [0.717, 1.165) is 17.6 Å². The third-order valence-corrected chi connectivity index (χ3v) is 4.81. The zero-order valence-corrected chi connectivity index (χ0v) is 14.0. The van der Waals surface area contributed by atoms with E-state index in [2.05, 4.69) is 13.8 Å². The van der Waals surface area contributed by atoms with Crippen LogP contribution in [0.15, 0.2) is 42.2 Å². The van der Waals surface area contributed by atoms with Crippen molar-refractivity contribution in [3.05, 3.63) is 47.7 Å². The molecule has 0 radical (unpaired) electrons. The molecular weight excluding hydrogens is 292 g/mol. The molecule has 1 aliphatic carbocycles.